The number of piperidine rings is 1. The van der Waals surface area contributed by atoms with Crippen molar-refractivity contribution < 1.29 is 19.1 Å². The van der Waals surface area contributed by atoms with Gasteiger partial charge in [0.1, 0.15) is 0 Å². The van der Waals surface area contributed by atoms with Crippen LogP contribution in [0, 0.1) is 22.7 Å². The first-order valence-electron chi connectivity index (χ1n) is 13.8. The van der Waals surface area contributed by atoms with Crippen molar-refractivity contribution in [2.24, 2.45) is 28.4 Å². The molecule has 3 atom stereocenters. The Morgan fingerprint density at radius 1 is 1.03 bits per heavy atom. The van der Waals surface area contributed by atoms with Gasteiger partial charge in [0.05, 0.1) is 30.0 Å². The molecule has 3 aliphatic rings. The second kappa shape index (κ2) is 10.5. The zero-order chi connectivity index (χ0) is 26.9. The molecule has 2 N–H and O–H groups in total. The number of likely N-dealkylation sites (tertiary alicyclic amines) is 2. The van der Waals surface area contributed by atoms with Crippen molar-refractivity contribution in [1.29, 1.82) is 0 Å². The van der Waals surface area contributed by atoms with Gasteiger partial charge in [-0.2, -0.15) is 0 Å². The molecule has 1 aliphatic carbocycles. The molecule has 38 heavy (non-hydrogen) atoms. The smallest absolute Gasteiger partial charge is 0.231 e. The third-order valence-corrected chi connectivity index (χ3v) is 8.97. The van der Waals surface area contributed by atoms with Crippen LogP contribution in [-0.2, 0) is 32.1 Å². The Bertz CT molecular complexity index is 1160. The zero-order valence-corrected chi connectivity index (χ0v) is 22.5. The summed E-state index contributed by atoms with van der Waals surface area (Å²) < 4.78 is 5.99. The number of carbonyl (C=O) groups is 3. The van der Waals surface area contributed by atoms with Crippen LogP contribution >= 0.6 is 0 Å². The Kier molecular flexibility index (Phi) is 7.32. The van der Waals surface area contributed by atoms with Crippen LogP contribution in [0.5, 0.6) is 0 Å². The van der Waals surface area contributed by atoms with Crippen LogP contribution in [-0.4, -0.2) is 59.8 Å². The van der Waals surface area contributed by atoms with Gasteiger partial charge in [-0.05, 0) is 42.7 Å². The highest BCUT2D eigenvalue weighted by Gasteiger charge is 2.59. The topological polar surface area (TPSA) is 92.9 Å². The Labute approximate surface area is 225 Å². The molecule has 2 aliphatic heterocycles. The van der Waals surface area contributed by atoms with Crippen LogP contribution in [0.15, 0.2) is 60.7 Å². The molecule has 0 aromatic heterocycles. The van der Waals surface area contributed by atoms with Crippen molar-refractivity contribution in [3.8, 4) is 0 Å². The minimum atomic E-state index is -1.10. The molecule has 2 aromatic rings. The van der Waals surface area contributed by atoms with E-state index >= 15 is 0 Å². The minimum Gasteiger partial charge on any atom is -0.376 e. The van der Waals surface area contributed by atoms with E-state index in [1.807, 2.05) is 53.4 Å². The Hall–Kier alpha value is -3.19. The van der Waals surface area contributed by atoms with Crippen LogP contribution in [0.25, 0.3) is 0 Å². The first-order valence-corrected chi connectivity index (χ1v) is 13.8. The van der Waals surface area contributed by atoms with Gasteiger partial charge in [0, 0.05) is 25.7 Å². The van der Waals surface area contributed by atoms with Crippen molar-refractivity contribution in [3.63, 3.8) is 0 Å². The first-order chi connectivity index (χ1) is 18.2. The van der Waals surface area contributed by atoms with E-state index in [9.17, 15) is 14.4 Å². The standard InChI is InChI=1S/C31H39N3O4/c1-30(2,28(32)36)26(20-38-19-23-11-7-4-8-12-23)27(35)33-16-15-24-18-34(25-13-14-25)29(37)31(24,21-33)17-22-9-5-3-6-10-22/h3-12,24-26H,13-21H2,1-2H3,(H2,32,36)/t24?,26-,31?/m1/s1. The van der Waals surface area contributed by atoms with Gasteiger partial charge < -0.3 is 20.3 Å². The molecule has 2 saturated heterocycles. The number of amides is 3. The van der Waals surface area contributed by atoms with E-state index < -0.39 is 22.7 Å². The maximum Gasteiger partial charge on any atom is 0.231 e. The van der Waals surface area contributed by atoms with Crippen molar-refractivity contribution in [3.05, 3.63) is 71.8 Å². The number of fused-ring (bicyclic) bond motifs is 1. The number of primary amides is 1. The van der Waals surface area contributed by atoms with Gasteiger partial charge >= 0.3 is 0 Å². The number of hydrogen-bond acceptors (Lipinski definition) is 4. The van der Waals surface area contributed by atoms with E-state index in [1.54, 1.807) is 13.8 Å². The average Bonchev–Trinajstić information content (AvgIpc) is 3.72. The fourth-order valence-corrected chi connectivity index (χ4v) is 6.23. The van der Waals surface area contributed by atoms with Gasteiger partial charge in [-0.1, -0.05) is 74.5 Å². The summed E-state index contributed by atoms with van der Waals surface area (Å²) >= 11 is 0. The van der Waals surface area contributed by atoms with Crippen LogP contribution in [0.2, 0.25) is 0 Å². The highest BCUT2D eigenvalue weighted by molar-refractivity contribution is 5.91. The van der Waals surface area contributed by atoms with Crippen LogP contribution in [0.4, 0.5) is 0 Å². The van der Waals surface area contributed by atoms with Crippen LogP contribution in [0.1, 0.15) is 44.2 Å². The minimum absolute atomic E-state index is 0.0808. The lowest BCUT2D eigenvalue weighted by Gasteiger charge is -2.45. The fraction of sp³-hybridized carbons (Fsp3) is 0.516. The van der Waals surface area contributed by atoms with E-state index in [2.05, 4.69) is 17.0 Å². The lowest BCUT2D eigenvalue weighted by atomic mass is 9.68. The molecule has 1 saturated carbocycles. The van der Waals surface area contributed by atoms with Crippen LogP contribution < -0.4 is 5.73 Å². The van der Waals surface area contributed by atoms with Crippen LogP contribution in [0.3, 0.4) is 0 Å². The molecule has 0 bridgehead atoms. The van der Waals surface area contributed by atoms with E-state index in [0.29, 0.717) is 32.2 Å². The number of nitrogens with two attached hydrogens (primary N) is 1. The van der Waals surface area contributed by atoms with E-state index in [-0.39, 0.29) is 24.3 Å². The second-order valence-corrected chi connectivity index (χ2v) is 11.9. The second-order valence-electron chi connectivity index (χ2n) is 11.9. The average molecular weight is 518 g/mol. The molecule has 3 amide bonds. The molecule has 0 radical (unpaired) electrons. The van der Waals surface area contributed by atoms with Crippen molar-refractivity contribution in [1.82, 2.24) is 9.80 Å². The van der Waals surface area contributed by atoms with Gasteiger partial charge in [0.2, 0.25) is 17.7 Å². The third-order valence-electron chi connectivity index (χ3n) is 8.97. The summed E-state index contributed by atoms with van der Waals surface area (Å²) in [5.41, 5.74) is 6.15. The molecule has 202 valence electrons. The number of carbonyl (C=O) groups excluding carboxylic acids is 3. The molecule has 7 heteroatoms. The lowest BCUT2D eigenvalue weighted by Crippen LogP contribution is -2.57. The Morgan fingerprint density at radius 2 is 1.66 bits per heavy atom. The largest absolute Gasteiger partial charge is 0.376 e. The maximum atomic E-state index is 14.1. The fourth-order valence-electron chi connectivity index (χ4n) is 6.23. The molecule has 7 nitrogen and oxygen atoms in total. The molecular weight excluding hydrogens is 478 g/mol. The van der Waals surface area contributed by atoms with Gasteiger partial charge in [-0.15, -0.1) is 0 Å². The van der Waals surface area contributed by atoms with Crippen molar-refractivity contribution in [2.45, 2.75) is 52.2 Å². The van der Waals surface area contributed by atoms with Gasteiger partial charge in [0.25, 0.3) is 0 Å². The number of benzene rings is 2. The molecule has 3 fully saturated rings. The third kappa shape index (κ3) is 5.08. The summed E-state index contributed by atoms with van der Waals surface area (Å²) in [7, 11) is 0. The number of nitrogens with zero attached hydrogens (tertiary/aromatic N) is 2. The summed E-state index contributed by atoms with van der Waals surface area (Å²) in [6, 6.07) is 20.2. The molecule has 0 spiro atoms. The van der Waals surface area contributed by atoms with Gasteiger partial charge in [0.15, 0.2) is 0 Å². The number of rotatable bonds is 10. The predicted molar refractivity (Wildman–Crippen MR) is 145 cm³/mol. The van der Waals surface area contributed by atoms with Gasteiger partial charge in [-0.25, -0.2) is 0 Å². The highest BCUT2D eigenvalue weighted by atomic mass is 16.5. The first kappa shape index (κ1) is 26.4. The van der Waals surface area contributed by atoms with E-state index in [1.165, 1.54) is 0 Å². The monoisotopic (exact) mass is 517 g/mol. The molecule has 5 rings (SSSR count). The Morgan fingerprint density at radius 3 is 2.26 bits per heavy atom. The number of ether oxygens (including phenoxy) is 1. The molecule has 2 aromatic carbocycles. The van der Waals surface area contributed by atoms with Crippen molar-refractivity contribution >= 4 is 17.7 Å². The summed E-state index contributed by atoms with van der Waals surface area (Å²) in [5, 5.41) is 0. The quantitative estimate of drug-likeness (QED) is 0.523. The molecule has 2 heterocycles. The molecular formula is C31H39N3O4. The zero-order valence-electron chi connectivity index (χ0n) is 22.5. The summed E-state index contributed by atoms with van der Waals surface area (Å²) in [4.78, 5) is 44.5. The number of hydrogen-bond donors (Lipinski definition) is 1. The maximum absolute atomic E-state index is 14.1. The Balaban J connectivity index is 1.39. The normalized spacial score (nSPS) is 24.3. The summed E-state index contributed by atoms with van der Waals surface area (Å²) in [5.74, 6) is -1.06. The van der Waals surface area contributed by atoms with E-state index in [4.69, 9.17) is 10.5 Å². The highest BCUT2D eigenvalue weighted by Crippen LogP contribution is 2.49. The van der Waals surface area contributed by atoms with Gasteiger partial charge in [-0.3, -0.25) is 14.4 Å². The summed E-state index contributed by atoms with van der Waals surface area (Å²) in [6.07, 6.45) is 3.51. The molecule has 2 unspecified atom stereocenters. The SMILES string of the molecule is CC(C)(C(N)=O)[C@H](COCc1ccccc1)C(=O)N1CCC2CN(C3CC3)C(=O)C2(Cc2ccccc2)C1. The van der Waals surface area contributed by atoms with E-state index in [0.717, 1.165) is 36.9 Å². The predicted octanol–water partition coefficient (Wildman–Crippen LogP) is 3.41. The van der Waals surface area contributed by atoms with Crippen molar-refractivity contribution in [2.75, 3.05) is 26.2 Å². The summed E-state index contributed by atoms with van der Waals surface area (Å²) in [6.45, 7) is 5.55. The lowest BCUT2D eigenvalue weighted by molar-refractivity contribution is -0.154.